The molecule has 8 heteroatoms. The van der Waals surface area contributed by atoms with Crippen molar-refractivity contribution in [1.82, 2.24) is 24.9 Å². The number of imidazole rings is 1. The van der Waals surface area contributed by atoms with Crippen LogP contribution in [0.2, 0.25) is 0 Å². The molecular weight excluding hydrogens is 282 g/mol. The molecule has 0 aromatic carbocycles. The summed E-state index contributed by atoms with van der Waals surface area (Å²) in [6.07, 6.45) is 3.29. The van der Waals surface area contributed by atoms with E-state index < -0.39 is 0 Å². The molecule has 0 spiro atoms. The Hall–Kier alpha value is -3.03. The van der Waals surface area contributed by atoms with Gasteiger partial charge in [0, 0.05) is 18.7 Å². The van der Waals surface area contributed by atoms with E-state index in [-0.39, 0.29) is 5.91 Å². The molecule has 0 fully saturated rings. The van der Waals surface area contributed by atoms with E-state index >= 15 is 0 Å². The van der Waals surface area contributed by atoms with Crippen molar-refractivity contribution < 1.29 is 4.79 Å². The number of pyridine rings is 1. The minimum atomic E-state index is -0.111. The fourth-order valence-electron chi connectivity index (χ4n) is 2.01. The molecule has 0 aliphatic heterocycles. The predicted octanol–water partition coefficient (Wildman–Crippen LogP) is 1.50. The Bertz CT molecular complexity index is 798. The molecule has 22 heavy (non-hydrogen) atoms. The van der Waals surface area contributed by atoms with Crippen LogP contribution >= 0.6 is 0 Å². The molecule has 0 bridgehead atoms. The molecule has 1 amide bonds. The maximum absolute atomic E-state index is 11.9. The van der Waals surface area contributed by atoms with Crippen LogP contribution in [0.5, 0.6) is 0 Å². The summed E-state index contributed by atoms with van der Waals surface area (Å²) in [5, 5.41) is 5.86. The van der Waals surface area contributed by atoms with E-state index in [2.05, 4.69) is 35.6 Å². The number of fused-ring (bicyclic) bond motifs is 1. The molecule has 0 atom stereocenters. The van der Waals surface area contributed by atoms with Gasteiger partial charge in [-0.2, -0.15) is 0 Å². The average molecular weight is 297 g/mol. The first-order chi connectivity index (χ1) is 10.7. The van der Waals surface area contributed by atoms with Crippen molar-refractivity contribution >= 4 is 28.7 Å². The third-order valence-electron chi connectivity index (χ3n) is 3.02. The van der Waals surface area contributed by atoms with E-state index in [4.69, 9.17) is 0 Å². The lowest BCUT2D eigenvalue weighted by molar-refractivity contribution is -0.116. The standard InChI is InChI=1S/C14H15N7O/c1-9-3-2-4-10(20-9)21-11(22)5-6-15-13-12-14(17-7-16-12)19-8-18-13/h2-4,7-8H,5-6H2,1H3,(H,20,21,22)(H2,15,16,17,18,19). The predicted molar refractivity (Wildman–Crippen MR) is 82.4 cm³/mol. The number of anilines is 2. The average Bonchev–Trinajstić information content (AvgIpc) is 2.96. The van der Waals surface area contributed by atoms with Crippen molar-refractivity contribution in [3.8, 4) is 0 Å². The second kappa shape index (κ2) is 6.17. The second-order valence-electron chi connectivity index (χ2n) is 4.71. The molecule has 0 saturated carbocycles. The van der Waals surface area contributed by atoms with Gasteiger partial charge in [-0.1, -0.05) is 6.07 Å². The van der Waals surface area contributed by atoms with Gasteiger partial charge in [-0.25, -0.2) is 19.9 Å². The molecule has 3 aromatic rings. The Kier molecular flexibility index (Phi) is 3.90. The second-order valence-corrected chi connectivity index (χ2v) is 4.71. The van der Waals surface area contributed by atoms with Crippen LogP contribution in [0.25, 0.3) is 11.2 Å². The van der Waals surface area contributed by atoms with Gasteiger partial charge in [0.2, 0.25) is 5.91 Å². The number of aromatic amines is 1. The van der Waals surface area contributed by atoms with Crippen LogP contribution in [0.3, 0.4) is 0 Å². The summed E-state index contributed by atoms with van der Waals surface area (Å²) in [4.78, 5) is 31.3. The maximum atomic E-state index is 11.9. The maximum Gasteiger partial charge on any atom is 0.227 e. The Balaban J connectivity index is 1.54. The van der Waals surface area contributed by atoms with E-state index in [0.29, 0.717) is 30.2 Å². The zero-order chi connectivity index (χ0) is 15.4. The molecular formula is C14H15N7O. The smallest absolute Gasteiger partial charge is 0.227 e. The van der Waals surface area contributed by atoms with Crippen LogP contribution in [-0.4, -0.2) is 37.4 Å². The van der Waals surface area contributed by atoms with Gasteiger partial charge < -0.3 is 15.6 Å². The molecule has 112 valence electrons. The normalized spacial score (nSPS) is 10.6. The minimum absolute atomic E-state index is 0.111. The fraction of sp³-hybridized carbons (Fsp3) is 0.214. The third kappa shape index (κ3) is 3.17. The van der Waals surface area contributed by atoms with Crippen LogP contribution in [-0.2, 0) is 4.79 Å². The van der Waals surface area contributed by atoms with Gasteiger partial charge in [0.05, 0.1) is 6.33 Å². The van der Waals surface area contributed by atoms with Gasteiger partial charge in [0.1, 0.15) is 17.7 Å². The van der Waals surface area contributed by atoms with Crippen molar-refractivity contribution in [3.05, 3.63) is 36.5 Å². The van der Waals surface area contributed by atoms with Gasteiger partial charge in [-0.3, -0.25) is 4.79 Å². The molecule has 8 nitrogen and oxygen atoms in total. The molecule has 3 heterocycles. The van der Waals surface area contributed by atoms with Crippen LogP contribution in [0, 0.1) is 6.92 Å². The number of carbonyl (C=O) groups is 1. The zero-order valence-electron chi connectivity index (χ0n) is 12.0. The summed E-state index contributed by atoms with van der Waals surface area (Å²) < 4.78 is 0. The van der Waals surface area contributed by atoms with Crippen molar-refractivity contribution in [2.24, 2.45) is 0 Å². The lowest BCUT2D eigenvalue weighted by Gasteiger charge is -2.07. The number of nitrogens with one attached hydrogen (secondary N) is 3. The number of aryl methyl sites for hydroxylation is 1. The molecule has 0 aliphatic carbocycles. The summed E-state index contributed by atoms with van der Waals surface area (Å²) in [7, 11) is 0. The largest absolute Gasteiger partial charge is 0.368 e. The van der Waals surface area contributed by atoms with Crippen molar-refractivity contribution in [3.63, 3.8) is 0 Å². The third-order valence-corrected chi connectivity index (χ3v) is 3.02. The van der Waals surface area contributed by atoms with Crippen LogP contribution in [0.15, 0.2) is 30.9 Å². The van der Waals surface area contributed by atoms with Gasteiger partial charge in [-0.05, 0) is 19.1 Å². The molecule has 3 N–H and O–H groups in total. The quantitative estimate of drug-likeness (QED) is 0.658. The first-order valence-electron chi connectivity index (χ1n) is 6.84. The summed E-state index contributed by atoms with van der Waals surface area (Å²) in [5.41, 5.74) is 2.17. The Labute approximate surface area is 126 Å². The van der Waals surface area contributed by atoms with E-state index in [0.717, 1.165) is 11.2 Å². The topological polar surface area (TPSA) is 108 Å². The van der Waals surface area contributed by atoms with Crippen LogP contribution in [0.4, 0.5) is 11.6 Å². The number of rotatable bonds is 5. The number of nitrogens with zero attached hydrogens (tertiary/aromatic N) is 4. The monoisotopic (exact) mass is 297 g/mol. The van der Waals surface area contributed by atoms with E-state index in [1.807, 2.05) is 19.1 Å². The van der Waals surface area contributed by atoms with Crippen molar-refractivity contribution in [1.29, 1.82) is 0 Å². The van der Waals surface area contributed by atoms with Crippen molar-refractivity contribution in [2.75, 3.05) is 17.2 Å². The summed E-state index contributed by atoms with van der Waals surface area (Å²) >= 11 is 0. The van der Waals surface area contributed by atoms with Gasteiger partial charge in [-0.15, -0.1) is 0 Å². The summed E-state index contributed by atoms with van der Waals surface area (Å²) in [6, 6.07) is 5.49. The zero-order valence-corrected chi connectivity index (χ0v) is 12.0. The van der Waals surface area contributed by atoms with Crippen molar-refractivity contribution in [2.45, 2.75) is 13.3 Å². The highest BCUT2D eigenvalue weighted by atomic mass is 16.1. The highest BCUT2D eigenvalue weighted by Crippen LogP contribution is 2.14. The first kappa shape index (κ1) is 13.9. The number of hydrogen-bond donors (Lipinski definition) is 3. The highest BCUT2D eigenvalue weighted by molar-refractivity contribution is 5.90. The Morgan fingerprint density at radius 3 is 3.05 bits per heavy atom. The van der Waals surface area contributed by atoms with Gasteiger partial charge in [0.25, 0.3) is 0 Å². The molecule has 0 radical (unpaired) electrons. The molecule has 0 aliphatic rings. The van der Waals surface area contributed by atoms with E-state index in [9.17, 15) is 4.79 Å². The molecule has 0 saturated heterocycles. The Morgan fingerprint density at radius 1 is 1.27 bits per heavy atom. The van der Waals surface area contributed by atoms with Crippen LogP contribution < -0.4 is 10.6 Å². The fourth-order valence-corrected chi connectivity index (χ4v) is 2.01. The first-order valence-corrected chi connectivity index (χ1v) is 6.84. The number of carbonyl (C=O) groups excluding carboxylic acids is 1. The van der Waals surface area contributed by atoms with Gasteiger partial charge in [0.15, 0.2) is 11.5 Å². The number of hydrogen-bond acceptors (Lipinski definition) is 6. The van der Waals surface area contributed by atoms with Crippen LogP contribution in [0.1, 0.15) is 12.1 Å². The van der Waals surface area contributed by atoms with Gasteiger partial charge >= 0.3 is 0 Å². The lowest BCUT2D eigenvalue weighted by Crippen LogP contribution is -2.17. The molecule has 3 aromatic heterocycles. The molecule has 0 unspecified atom stereocenters. The highest BCUT2D eigenvalue weighted by Gasteiger charge is 2.07. The number of H-pyrrole nitrogens is 1. The summed E-state index contributed by atoms with van der Waals surface area (Å²) in [5.74, 6) is 1.08. The SMILES string of the molecule is Cc1cccc(NC(=O)CCNc2ncnc3nc[nH]c23)n1. The van der Waals surface area contributed by atoms with E-state index in [1.54, 1.807) is 12.4 Å². The number of aromatic nitrogens is 5. The minimum Gasteiger partial charge on any atom is -0.368 e. The van der Waals surface area contributed by atoms with E-state index in [1.165, 1.54) is 6.33 Å². The molecule has 3 rings (SSSR count). The summed E-state index contributed by atoms with van der Waals surface area (Å²) in [6.45, 7) is 2.32. The number of amides is 1. The lowest BCUT2D eigenvalue weighted by atomic mass is 10.3. The Morgan fingerprint density at radius 2 is 2.18 bits per heavy atom.